The fourth-order valence-electron chi connectivity index (χ4n) is 5.54. The number of hydrogen-bond donors (Lipinski definition) is 0. The van der Waals surface area contributed by atoms with Crippen LogP contribution in [0.25, 0.3) is 11.2 Å². The number of aryl methyl sites for hydroxylation is 1. The van der Waals surface area contributed by atoms with Crippen molar-refractivity contribution in [3.63, 3.8) is 0 Å². The van der Waals surface area contributed by atoms with Gasteiger partial charge in [-0.2, -0.15) is 13.2 Å². The summed E-state index contributed by atoms with van der Waals surface area (Å²) < 4.78 is 52.4. The molecule has 4 aromatic rings. The molecule has 0 amide bonds. The quantitative estimate of drug-likeness (QED) is 0.380. The van der Waals surface area contributed by atoms with E-state index in [0.717, 1.165) is 34.7 Å². The van der Waals surface area contributed by atoms with Crippen LogP contribution in [0.4, 0.5) is 13.2 Å². The lowest BCUT2D eigenvalue weighted by Crippen LogP contribution is -2.40. The Hall–Kier alpha value is -3.44. The van der Waals surface area contributed by atoms with Gasteiger partial charge in [-0.1, -0.05) is 12.1 Å². The summed E-state index contributed by atoms with van der Waals surface area (Å²) in [4.78, 5) is 15.6. The maximum atomic E-state index is 14.2. The summed E-state index contributed by atoms with van der Waals surface area (Å²) in [6.07, 6.45) is 2.01. The summed E-state index contributed by atoms with van der Waals surface area (Å²) in [6.45, 7) is 4.02. The van der Waals surface area contributed by atoms with Gasteiger partial charge in [-0.05, 0) is 55.0 Å². The summed E-state index contributed by atoms with van der Waals surface area (Å²) in [5.41, 5.74) is 0.379. The van der Waals surface area contributed by atoms with Crippen LogP contribution in [0.1, 0.15) is 48.2 Å². The highest BCUT2D eigenvalue weighted by atomic mass is 19.4. The molecule has 38 heavy (non-hydrogen) atoms. The van der Waals surface area contributed by atoms with Crippen LogP contribution in [-0.2, 0) is 24.5 Å². The van der Waals surface area contributed by atoms with E-state index in [2.05, 4.69) is 10.2 Å². The van der Waals surface area contributed by atoms with Crippen molar-refractivity contribution in [2.75, 3.05) is 19.7 Å². The van der Waals surface area contributed by atoms with E-state index in [1.807, 2.05) is 41.6 Å². The Bertz CT molecular complexity index is 1530. The molecule has 11 heteroatoms. The molecule has 2 aliphatic rings. The number of morpholine rings is 1. The average Bonchev–Trinajstić information content (AvgIpc) is 3.53. The van der Waals surface area contributed by atoms with E-state index in [1.165, 1.54) is 17.0 Å². The molecule has 1 saturated heterocycles. The predicted molar refractivity (Wildman–Crippen MR) is 134 cm³/mol. The Morgan fingerprint density at radius 2 is 2.00 bits per heavy atom. The Morgan fingerprint density at radius 1 is 1.18 bits per heavy atom. The van der Waals surface area contributed by atoms with E-state index in [-0.39, 0.29) is 17.5 Å². The lowest BCUT2D eigenvalue weighted by atomic mass is 9.93. The number of ether oxygens (including phenoxy) is 1. The molecular formula is C27H29F3N6O2. The van der Waals surface area contributed by atoms with Crippen LogP contribution in [0.15, 0.2) is 53.8 Å². The predicted octanol–water partition coefficient (Wildman–Crippen LogP) is 4.00. The first-order chi connectivity index (χ1) is 18.2. The van der Waals surface area contributed by atoms with Gasteiger partial charge in [0.05, 0.1) is 29.5 Å². The summed E-state index contributed by atoms with van der Waals surface area (Å²) in [5.74, 6) is 1.25. The first-order valence-electron chi connectivity index (χ1n) is 12.8. The molecule has 0 N–H and O–H groups in total. The maximum absolute atomic E-state index is 14.2. The van der Waals surface area contributed by atoms with Gasteiger partial charge in [0, 0.05) is 45.0 Å². The number of pyridine rings is 1. The number of rotatable bonds is 6. The molecule has 200 valence electrons. The summed E-state index contributed by atoms with van der Waals surface area (Å²) in [5, 5.41) is 8.34. The minimum absolute atomic E-state index is 0.00318. The molecule has 1 aliphatic heterocycles. The molecule has 0 radical (unpaired) electrons. The summed E-state index contributed by atoms with van der Waals surface area (Å²) >= 11 is 0. The number of benzene rings is 1. The van der Waals surface area contributed by atoms with Crippen LogP contribution >= 0.6 is 0 Å². The van der Waals surface area contributed by atoms with Crippen LogP contribution in [-0.4, -0.2) is 54.4 Å². The van der Waals surface area contributed by atoms with E-state index in [4.69, 9.17) is 4.74 Å². The Kier molecular flexibility index (Phi) is 6.14. The fraction of sp³-hybridized carbons (Fsp3) is 0.444. The maximum Gasteiger partial charge on any atom is 0.418 e. The lowest BCUT2D eigenvalue weighted by molar-refractivity contribution is -0.136. The first kappa shape index (κ1) is 24.9. The van der Waals surface area contributed by atoms with Crippen molar-refractivity contribution in [2.24, 2.45) is 13.0 Å². The second-order valence-electron chi connectivity index (χ2n) is 10.4. The summed E-state index contributed by atoms with van der Waals surface area (Å²) in [7, 11) is 1.90. The van der Waals surface area contributed by atoms with Gasteiger partial charge in [0.1, 0.15) is 12.2 Å². The van der Waals surface area contributed by atoms with Gasteiger partial charge in [-0.25, -0.2) is 4.79 Å². The second kappa shape index (κ2) is 9.39. The van der Waals surface area contributed by atoms with E-state index < -0.39 is 17.4 Å². The largest absolute Gasteiger partial charge is 0.418 e. The molecular weight excluding hydrogens is 497 g/mol. The van der Waals surface area contributed by atoms with E-state index in [9.17, 15) is 18.0 Å². The fourth-order valence-corrected chi connectivity index (χ4v) is 5.54. The average molecular weight is 527 g/mol. The lowest BCUT2D eigenvalue weighted by Gasteiger charge is -2.31. The minimum Gasteiger partial charge on any atom is -0.376 e. The molecule has 6 rings (SSSR count). The van der Waals surface area contributed by atoms with Crippen molar-refractivity contribution < 1.29 is 17.9 Å². The van der Waals surface area contributed by atoms with Crippen molar-refractivity contribution >= 4 is 5.52 Å². The number of fused-ring (bicyclic) bond motifs is 1. The van der Waals surface area contributed by atoms with Crippen molar-refractivity contribution in [2.45, 2.75) is 44.5 Å². The van der Waals surface area contributed by atoms with Crippen molar-refractivity contribution in [3.8, 4) is 5.69 Å². The monoisotopic (exact) mass is 526 g/mol. The molecule has 2 fully saturated rings. The van der Waals surface area contributed by atoms with Crippen molar-refractivity contribution in [1.29, 1.82) is 0 Å². The van der Waals surface area contributed by atoms with Crippen LogP contribution in [0.3, 0.4) is 0 Å². The summed E-state index contributed by atoms with van der Waals surface area (Å²) in [6, 6.07) is 8.59. The molecule has 8 nitrogen and oxygen atoms in total. The normalized spacial score (nSPS) is 19.8. The molecule has 1 saturated carbocycles. The van der Waals surface area contributed by atoms with E-state index in [1.54, 1.807) is 12.4 Å². The molecule has 0 unspecified atom stereocenters. The number of hydrogen-bond acceptors (Lipinski definition) is 5. The molecule has 3 aromatic heterocycles. The topological polar surface area (TPSA) is 69.6 Å². The van der Waals surface area contributed by atoms with Gasteiger partial charge in [0.15, 0.2) is 0 Å². The Morgan fingerprint density at radius 3 is 2.68 bits per heavy atom. The Labute approximate surface area is 217 Å². The van der Waals surface area contributed by atoms with Crippen molar-refractivity contribution in [3.05, 3.63) is 82.1 Å². The third-order valence-electron chi connectivity index (χ3n) is 7.49. The van der Waals surface area contributed by atoms with Gasteiger partial charge in [0.25, 0.3) is 0 Å². The van der Waals surface area contributed by atoms with Gasteiger partial charge >= 0.3 is 11.9 Å². The Balaban J connectivity index is 1.42. The van der Waals surface area contributed by atoms with E-state index in [0.29, 0.717) is 43.4 Å². The molecule has 0 bridgehead atoms. The number of imidazole rings is 1. The zero-order chi connectivity index (χ0) is 26.6. The molecule has 2 atom stereocenters. The molecule has 1 aliphatic carbocycles. The number of nitrogens with zero attached hydrogens (tertiary/aromatic N) is 6. The highest BCUT2D eigenvalue weighted by Gasteiger charge is 2.37. The number of alkyl halides is 3. The number of halogens is 3. The molecule has 4 heterocycles. The standard InChI is InChI=1S/C27H29F3N6O2/c1-17-12-34(8-9-38-17)13-18-10-22(27(28,29)30)23-15-35(26(37)36(23)14-18)21-5-3-4-20(11-21)24(19-6-7-19)25-32-31-16-33(25)2/h3-5,10-11,14-17,19,24H,6-9,12-13H2,1-2H3/t17-,24+/m1/s1. The van der Waals surface area contributed by atoms with Gasteiger partial charge in [-0.15, -0.1) is 10.2 Å². The van der Waals surface area contributed by atoms with Crippen LogP contribution < -0.4 is 5.69 Å². The highest BCUT2D eigenvalue weighted by Crippen LogP contribution is 2.46. The second-order valence-corrected chi connectivity index (χ2v) is 10.4. The molecule has 1 aromatic carbocycles. The number of aromatic nitrogens is 5. The van der Waals surface area contributed by atoms with Gasteiger partial charge < -0.3 is 9.30 Å². The zero-order valence-corrected chi connectivity index (χ0v) is 21.2. The first-order valence-corrected chi connectivity index (χ1v) is 12.8. The van der Waals surface area contributed by atoms with E-state index >= 15 is 0 Å². The zero-order valence-electron chi connectivity index (χ0n) is 21.2. The van der Waals surface area contributed by atoms with Crippen LogP contribution in [0.5, 0.6) is 0 Å². The van der Waals surface area contributed by atoms with Gasteiger partial charge in [0.2, 0.25) is 0 Å². The van der Waals surface area contributed by atoms with Crippen LogP contribution in [0.2, 0.25) is 0 Å². The smallest absolute Gasteiger partial charge is 0.376 e. The SMILES string of the molecule is C[C@@H]1CN(Cc2cc(C(F)(F)F)c3cn(-c4cccc([C@@H](c5nncn5C)C5CC5)c4)c(=O)n3c2)CCO1. The third kappa shape index (κ3) is 4.64. The molecule has 0 spiro atoms. The van der Waals surface area contributed by atoms with Gasteiger partial charge in [-0.3, -0.25) is 13.9 Å². The van der Waals surface area contributed by atoms with Crippen LogP contribution in [0, 0.1) is 5.92 Å². The third-order valence-corrected chi connectivity index (χ3v) is 7.49. The van der Waals surface area contributed by atoms with Crippen molar-refractivity contribution in [1.82, 2.24) is 28.6 Å². The minimum atomic E-state index is -4.61. The highest BCUT2D eigenvalue weighted by molar-refractivity contribution is 5.58.